The fourth-order valence-electron chi connectivity index (χ4n) is 1.48. The van der Waals surface area contributed by atoms with Crippen molar-refractivity contribution in [3.8, 4) is 11.8 Å². The third-order valence-electron chi connectivity index (χ3n) is 2.51. The van der Waals surface area contributed by atoms with Crippen LogP contribution in [0, 0.1) is 11.8 Å². The SMILES string of the molecule is CCOCC(C)OCc1ccc(C#CCCO)cc1. The van der Waals surface area contributed by atoms with Crippen LogP contribution in [0.15, 0.2) is 24.3 Å². The molecule has 0 fully saturated rings. The highest BCUT2D eigenvalue weighted by atomic mass is 16.5. The molecule has 0 aliphatic rings. The summed E-state index contributed by atoms with van der Waals surface area (Å²) in [5, 5.41) is 8.64. The highest BCUT2D eigenvalue weighted by Gasteiger charge is 2.02. The molecule has 0 aromatic heterocycles. The van der Waals surface area contributed by atoms with E-state index in [1.807, 2.05) is 38.1 Å². The first-order chi connectivity index (χ1) is 9.26. The van der Waals surface area contributed by atoms with Crippen molar-refractivity contribution in [1.82, 2.24) is 0 Å². The minimum absolute atomic E-state index is 0.101. The third kappa shape index (κ3) is 6.97. The van der Waals surface area contributed by atoms with Gasteiger partial charge in [-0.3, -0.25) is 0 Å². The van der Waals surface area contributed by atoms with E-state index in [4.69, 9.17) is 14.6 Å². The van der Waals surface area contributed by atoms with Gasteiger partial charge in [0, 0.05) is 18.6 Å². The van der Waals surface area contributed by atoms with Crippen molar-refractivity contribution in [2.24, 2.45) is 0 Å². The molecule has 0 saturated carbocycles. The fraction of sp³-hybridized carbons (Fsp3) is 0.500. The number of hydrogen-bond donors (Lipinski definition) is 1. The van der Waals surface area contributed by atoms with Crippen LogP contribution in [0.2, 0.25) is 0 Å². The Labute approximate surface area is 115 Å². The van der Waals surface area contributed by atoms with E-state index in [0.717, 1.165) is 17.7 Å². The van der Waals surface area contributed by atoms with Gasteiger partial charge in [-0.15, -0.1) is 0 Å². The molecule has 0 heterocycles. The molecule has 0 radical (unpaired) electrons. The average molecular weight is 262 g/mol. The van der Waals surface area contributed by atoms with E-state index >= 15 is 0 Å². The molecule has 19 heavy (non-hydrogen) atoms. The van der Waals surface area contributed by atoms with Crippen molar-refractivity contribution in [1.29, 1.82) is 0 Å². The first kappa shape index (κ1) is 15.7. The van der Waals surface area contributed by atoms with E-state index in [0.29, 0.717) is 19.6 Å². The smallest absolute Gasteiger partial charge is 0.0785 e. The van der Waals surface area contributed by atoms with Crippen LogP contribution in [-0.2, 0) is 16.1 Å². The van der Waals surface area contributed by atoms with Gasteiger partial charge in [0.2, 0.25) is 0 Å². The largest absolute Gasteiger partial charge is 0.395 e. The van der Waals surface area contributed by atoms with Gasteiger partial charge in [0.15, 0.2) is 0 Å². The monoisotopic (exact) mass is 262 g/mol. The van der Waals surface area contributed by atoms with Crippen LogP contribution in [0.4, 0.5) is 0 Å². The van der Waals surface area contributed by atoms with Crippen LogP contribution in [-0.4, -0.2) is 31.0 Å². The van der Waals surface area contributed by atoms with Crippen LogP contribution in [0.25, 0.3) is 0 Å². The molecule has 0 spiro atoms. The van der Waals surface area contributed by atoms with Gasteiger partial charge in [0.1, 0.15) is 0 Å². The maximum absolute atomic E-state index is 8.64. The molecule has 0 bridgehead atoms. The lowest BCUT2D eigenvalue weighted by molar-refractivity contribution is -0.0116. The Morgan fingerprint density at radius 2 is 2.00 bits per heavy atom. The maximum atomic E-state index is 8.64. The Bertz CT molecular complexity index is 400. The predicted molar refractivity (Wildman–Crippen MR) is 75.8 cm³/mol. The number of benzene rings is 1. The standard InChI is InChI=1S/C16H22O3/c1-3-18-12-14(2)19-13-16-9-7-15(8-10-16)6-4-5-11-17/h7-10,14,17H,3,5,11-13H2,1-2H3. The highest BCUT2D eigenvalue weighted by molar-refractivity contribution is 5.35. The first-order valence-electron chi connectivity index (χ1n) is 6.64. The second-order valence-corrected chi connectivity index (χ2v) is 4.25. The first-order valence-corrected chi connectivity index (χ1v) is 6.64. The van der Waals surface area contributed by atoms with Crippen molar-refractivity contribution in [3.63, 3.8) is 0 Å². The van der Waals surface area contributed by atoms with Gasteiger partial charge in [-0.05, 0) is 31.5 Å². The molecule has 1 N–H and O–H groups in total. The van der Waals surface area contributed by atoms with Gasteiger partial charge in [-0.25, -0.2) is 0 Å². The molecular formula is C16H22O3. The molecule has 1 rings (SSSR count). The lowest BCUT2D eigenvalue weighted by Crippen LogP contribution is -2.15. The molecule has 104 valence electrons. The van der Waals surface area contributed by atoms with Crippen LogP contribution in [0.3, 0.4) is 0 Å². The average Bonchev–Trinajstić information content (AvgIpc) is 2.44. The summed E-state index contributed by atoms with van der Waals surface area (Å²) in [7, 11) is 0. The molecule has 3 heteroatoms. The zero-order chi connectivity index (χ0) is 13.9. The summed E-state index contributed by atoms with van der Waals surface area (Å²) in [6.07, 6.45) is 0.615. The zero-order valence-corrected chi connectivity index (χ0v) is 11.7. The summed E-state index contributed by atoms with van der Waals surface area (Å²) < 4.78 is 11.0. The van der Waals surface area contributed by atoms with Crippen molar-refractivity contribution in [2.75, 3.05) is 19.8 Å². The van der Waals surface area contributed by atoms with Crippen LogP contribution in [0.1, 0.15) is 31.4 Å². The molecule has 0 aliphatic heterocycles. The molecule has 0 saturated heterocycles. The van der Waals surface area contributed by atoms with Gasteiger partial charge in [-0.1, -0.05) is 24.0 Å². The van der Waals surface area contributed by atoms with Crippen molar-refractivity contribution in [3.05, 3.63) is 35.4 Å². The van der Waals surface area contributed by atoms with E-state index in [1.54, 1.807) is 0 Å². The summed E-state index contributed by atoms with van der Waals surface area (Å²) in [5.41, 5.74) is 2.08. The molecular weight excluding hydrogens is 240 g/mol. The van der Waals surface area contributed by atoms with E-state index in [2.05, 4.69) is 11.8 Å². The van der Waals surface area contributed by atoms with Gasteiger partial charge in [-0.2, -0.15) is 0 Å². The number of rotatable bonds is 7. The number of ether oxygens (including phenoxy) is 2. The van der Waals surface area contributed by atoms with E-state index in [-0.39, 0.29) is 12.7 Å². The fourth-order valence-corrected chi connectivity index (χ4v) is 1.48. The summed E-state index contributed by atoms with van der Waals surface area (Å²) >= 11 is 0. The van der Waals surface area contributed by atoms with Gasteiger partial charge >= 0.3 is 0 Å². The highest BCUT2D eigenvalue weighted by Crippen LogP contribution is 2.06. The Morgan fingerprint density at radius 1 is 1.26 bits per heavy atom. The second kappa shape index (κ2) is 9.57. The molecule has 1 aromatic carbocycles. The van der Waals surface area contributed by atoms with Gasteiger partial charge < -0.3 is 14.6 Å². The van der Waals surface area contributed by atoms with Crippen LogP contribution in [0.5, 0.6) is 0 Å². The van der Waals surface area contributed by atoms with Crippen molar-refractivity contribution in [2.45, 2.75) is 33.0 Å². The van der Waals surface area contributed by atoms with Crippen molar-refractivity contribution >= 4 is 0 Å². The number of hydrogen-bond acceptors (Lipinski definition) is 3. The Morgan fingerprint density at radius 3 is 2.63 bits per heavy atom. The molecule has 1 atom stereocenters. The Balaban J connectivity index is 2.38. The number of aliphatic hydroxyl groups excluding tert-OH is 1. The lowest BCUT2D eigenvalue weighted by atomic mass is 10.1. The third-order valence-corrected chi connectivity index (χ3v) is 2.51. The van der Waals surface area contributed by atoms with Crippen LogP contribution >= 0.6 is 0 Å². The molecule has 1 aromatic rings. The summed E-state index contributed by atoms with van der Waals surface area (Å²) in [6.45, 7) is 6.01. The predicted octanol–water partition coefficient (Wildman–Crippen LogP) is 2.36. The Hall–Kier alpha value is -1.34. The van der Waals surface area contributed by atoms with E-state index in [9.17, 15) is 0 Å². The van der Waals surface area contributed by atoms with E-state index in [1.165, 1.54) is 0 Å². The number of aliphatic hydroxyl groups is 1. The quantitative estimate of drug-likeness (QED) is 0.767. The Kier molecular flexibility index (Phi) is 7.92. The zero-order valence-electron chi connectivity index (χ0n) is 11.7. The minimum atomic E-state index is 0.101. The normalized spacial score (nSPS) is 11.7. The maximum Gasteiger partial charge on any atom is 0.0785 e. The molecule has 0 amide bonds. The lowest BCUT2D eigenvalue weighted by Gasteiger charge is -2.12. The summed E-state index contributed by atoms with van der Waals surface area (Å²) in [6, 6.07) is 7.96. The molecule has 3 nitrogen and oxygen atoms in total. The summed E-state index contributed by atoms with van der Waals surface area (Å²) in [4.78, 5) is 0. The van der Waals surface area contributed by atoms with Gasteiger partial charge in [0.25, 0.3) is 0 Å². The summed E-state index contributed by atoms with van der Waals surface area (Å²) in [5.74, 6) is 5.89. The van der Waals surface area contributed by atoms with E-state index < -0.39 is 0 Å². The molecule has 0 aliphatic carbocycles. The van der Waals surface area contributed by atoms with Crippen molar-refractivity contribution < 1.29 is 14.6 Å². The van der Waals surface area contributed by atoms with Gasteiger partial charge in [0.05, 0.1) is 25.9 Å². The van der Waals surface area contributed by atoms with Crippen LogP contribution < -0.4 is 0 Å². The second-order valence-electron chi connectivity index (χ2n) is 4.25. The topological polar surface area (TPSA) is 38.7 Å². The minimum Gasteiger partial charge on any atom is -0.395 e. The molecule has 1 unspecified atom stereocenters.